The van der Waals surface area contributed by atoms with Crippen LogP contribution in [0.15, 0.2) is 26.0 Å². The van der Waals surface area contributed by atoms with Crippen molar-refractivity contribution in [2.75, 3.05) is 25.4 Å². The fourth-order valence-corrected chi connectivity index (χ4v) is 5.51. The third-order valence-electron chi connectivity index (χ3n) is 2.32. The number of nitrogen functional groups attached to an aromatic ring is 1. The van der Waals surface area contributed by atoms with Crippen LogP contribution in [0.5, 0.6) is 0 Å². The SMILES string of the molecule is Nc1cc(Br)c(S(=O)(=O)N(CCO)CC(F)(F)F)c(Br)c1. The van der Waals surface area contributed by atoms with Crippen LogP contribution in [0.1, 0.15) is 0 Å². The van der Waals surface area contributed by atoms with Crippen LogP contribution in [0.25, 0.3) is 0 Å². The molecule has 0 atom stereocenters. The third kappa shape index (κ3) is 4.81. The van der Waals surface area contributed by atoms with Crippen LogP contribution in [-0.4, -0.2) is 43.7 Å². The highest BCUT2D eigenvalue weighted by Gasteiger charge is 2.38. The van der Waals surface area contributed by atoms with Gasteiger partial charge in [0.05, 0.1) is 6.61 Å². The smallest absolute Gasteiger partial charge is 0.399 e. The zero-order chi connectivity index (χ0) is 16.4. The maximum atomic E-state index is 12.5. The first-order valence-electron chi connectivity index (χ1n) is 5.41. The number of alkyl halides is 3. The molecule has 0 heterocycles. The first-order chi connectivity index (χ1) is 9.49. The zero-order valence-electron chi connectivity index (χ0n) is 10.4. The lowest BCUT2D eigenvalue weighted by atomic mass is 10.3. The fraction of sp³-hybridized carbons (Fsp3) is 0.400. The van der Waals surface area contributed by atoms with E-state index in [0.717, 1.165) is 0 Å². The van der Waals surface area contributed by atoms with Crippen molar-refractivity contribution in [2.45, 2.75) is 11.1 Å². The third-order valence-corrected chi connectivity index (χ3v) is 6.05. The molecule has 1 aromatic rings. The number of benzene rings is 1. The van der Waals surface area contributed by atoms with Crippen molar-refractivity contribution in [1.82, 2.24) is 4.31 Å². The summed E-state index contributed by atoms with van der Waals surface area (Å²) in [6.45, 7) is -3.11. The van der Waals surface area contributed by atoms with Gasteiger partial charge in [0.25, 0.3) is 0 Å². The van der Waals surface area contributed by atoms with Crippen molar-refractivity contribution in [1.29, 1.82) is 0 Å². The molecule has 0 radical (unpaired) electrons. The number of nitrogens with two attached hydrogens (primary N) is 1. The Morgan fingerprint density at radius 3 is 2.10 bits per heavy atom. The van der Waals surface area contributed by atoms with E-state index >= 15 is 0 Å². The number of halogens is 5. The first-order valence-corrected chi connectivity index (χ1v) is 8.44. The molecule has 120 valence electrons. The molecule has 0 spiro atoms. The molecule has 0 aliphatic carbocycles. The van der Waals surface area contributed by atoms with Crippen LogP contribution in [0.4, 0.5) is 18.9 Å². The van der Waals surface area contributed by atoms with Crippen molar-refractivity contribution in [3.05, 3.63) is 21.1 Å². The second-order valence-electron chi connectivity index (χ2n) is 3.99. The second-order valence-corrected chi connectivity index (χ2v) is 7.57. The van der Waals surface area contributed by atoms with E-state index in [2.05, 4.69) is 31.9 Å². The summed E-state index contributed by atoms with van der Waals surface area (Å²) >= 11 is 5.95. The summed E-state index contributed by atoms with van der Waals surface area (Å²) in [5, 5.41) is 8.81. The number of hydrogen-bond acceptors (Lipinski definition) is 4. The number of anilines is 1. The fourth-order valence-electron chi connectivity index (χ4n) is 1.55. The number of rotatable bonds is 5. The van der Waals surface area contributed by atoms with Crippen molar-refractivity contribution >= 4 is 47.6 Å². The summed E-state index contributed by atoms with van der Waals surface area (Å²) in [7, 11) is -4.47. The molecule has 0 unspecified atom stereocenters. The lowest BCUT2D eigenvalue weighted by Gasteiger charge is -2.23. The average Bonchev–Trinajstić information content (AvgIpc) is 2.24. The standard InChI is InChI=1S/C10H11Br2F3N2O3S/c11-7-3-6(16)4-8(12)9(7)21(19,20)17(1-2-18)5-10(13,14)15/h3-4,18H,1-2,5,16H2. The Hall–Kier alpha value is -0.360. The molecule has 0 aliphatic rings. The highest BCUT2D eigenvalue weighted by molar-refractivity contribution is 9.11. The molecule has 0 amide bonds. The van der Waals surface area contributed by atoms with Gasteiger partial charge in [-0.1, -0.05) is 0 Å². The predicted octanol–water partition coefficient (Wildman–Crippen LogP) is 2.34. The van der Waals surface area contributed by atoms with Crippen LogP contribution >= 0.6 is 31.9 Å². The second kappa shape index (κ2) is 6.82. The van der Waals surface area contributed by atoms with Gasteiger partial charge in [0.15, 0.2) is 0 Å². The molecule has 1 aromatic carbocycles. The van der Waals surface area contributed by atoms with Crippen LogP contribution in [0.3, 0.4) is 0 Å². The summed E-state index contributed by atoms with van der Waals surface area (Å²) in [4.78, 5) is -0.380. The quantitative estimate of drug-likeness (QED) is 0.667. The zero-order valence-corrected chi connectivity index (χ0v) is 14.4. The molecular formula is C10H11Br2F3N2O3S. The van der Waals surface area contributed by atoms with Gasteiger partial charge in [-0.2, -0.15) is 17.5 Å². The lowest BCUT2D eigenvalue weighted by molar-refractivity contribution is -0.136. The highest BCUT2D eigenvalue weighted by Crippen LogP contribution is 2.35. The van der Waals surface area contributed by atoms with Crippen LogP contribution < -0.4 is 5.73 Å². The normalized spacial score (nSPS) is 12.9. The summed E-state index contributed by atoms with van der Waals surface area (Å²) in [6.07, 6.45) is -4.73. The van der Waals surface area contributed by atoms with E-state index in [-0.39, 0.29) is 23.8 Å². The minimum atomic E-state index is -4.73. The maximum absolute atomic E-state index is 12.5. The number of aliphatic hydroxyl groups excluding tert-OH is 1. The Kier molecular flexibility index (Phi) is 6.07. The van der Waals surface area contributed by atoms with E-state index in [4.69, 9.17) is 10.8 Å². The van der Waals surface area contributed by atoms with E-state index in [1.54, 1.807) is 0 Å². The van der Waals surface area contributed by atoms with Crippen molar-refractivity contribution in [3.63, 3.8) is 0 Å². The van der Waals surface area contributed by atoms with Crippen LogP contribution in [0.2, 0.25) is 0 Å². The van der Waals surface area contributed by atoms with Gasteiger partial charge in [0.2, 0.25) is 10.0 Å². The van der Waals surface area contributed by atoms with Crippen LogP contribution in [0, 0.1) is 0 Å². The molecule has 3 N–H and O–H groups in total. The Balaban J connectivity index is 3.36. The molecule has 0 aromatic heterocycles. The molecule has 0 saturated carbocycles. The van der Waals surface area contributed by atoms with Crippen LogP contribution in [-0.2, 0) is 10.0 Å². The number of hydrogen-bond donors (Lipinski definition) is 2. The van der Waals surface area contributed by atoms with Gasteiger partial charge in [0.1, 0.15) is 11.4 Å². The Morgan fingerprint density at radius 2 is 1.71 bits per heavy atom. The summed E-state index contributed by atoms with van der Waals surface area (Å²) < 4.78 is 62.5. The van der Waals surface area contributed by atoms with Crippen molar-refractivity contribution in [2.24, 2.45) is 0 Å². The summed E-state index contributed by atoms with van der Waals surface area (Å²) in [6, 6.07) is 2.53. The molecule has 11 heteroatoms. The molecule has 0 bridgehead atoms. The van der Waals surface area contributed by atoms with E-state index in [1.807, 2.05) is 0 Å². The van der Waals surface area contributed by atoms with Gasteiger partial charge >= 0.3 is 6.18 Å². The largest absolute Gasteiger partial charge is 0.402 e. The molecule has 1 rings (SSSR count). The molecule has 21 heavy (non-hydrogen) atoms. The van der Waals surface area contributed by atoms with Gasteiger partial charge in [0, 0.05) is 21.2 Å². The topological polar surface area (TPSA) is 83.6 Å². The number of sulfonamides is 1. The Labute approximate surface area is 136 Å². The van der Waals surface area contributed by atoms with E-state index < -0.39 is 35.9 Å². The van der Waals surface area contributed by atoms with E-state index in [0.29, 0.717) is 0 Å². The Morgan fingerprint density at radius 1 is 1.24 bits per heavy atom. The molecular weight excluding hydrogens is 445 g/mol. The summed E-state index contributed by atoms with van der Waals surface area (Å²) in [5.41, 5.74) is 5.75. The summed E-state index contributed by atoms with van der Waals surface area (Å²) in [5.74, 6) is 0. The minimum Gasteiger partial charge on any atom is -0.399 e. The monoisotopic (exact) mass is 454 g/mol. The molecule has 5 nitrogen and oxygen atoms in total. The lowest BCUT2D eigenvalue weighted by Crippen LogP contribution is -2.40. The van der Waals surface area contributed by atoms with Gasteiger partial charge < -0.3 is 10.8 Å². The van der Waals surface area contributed by atoms with Gasteiger partial charge in [-0.05, 0) is 44.0 Å². The molecule has 0 fully saturated rings. The van der Waals surface area contributed by atoms with E-state index in [9.17, 15) is 21.6 Å². The first kappa shape index (κ1) is 18.7. The van der Waals surface area contributed by atoms with Crippen molar-refractivity contribution in [3.8, 4) is 0 Å². The van der Waals surface area contributed by atoms with Gasteiger partial charge in [-0.25, -0.2) is 8.42 Å². The number of nitrogens with zero attached hydrogens (tertiary/aromatic N) is 1. The van der Waals surface area contributed by atoms with Gasteiger partial charge in [-0.3, -0.25) is 0 Å². The molecule has 0 aliphatic heterocycles. The van der Waals surface area contributed by atoms with Crippen molar-refractivity contribution < 1.29 is 26.7 Å². The highest BCUT2D eigenvalue weighted by atomic mass is 79.9. The Bertz CT molecular complexity index is 599. The maximum Gasteiger partial charge on any atom is 0.402 e. The number of aliphatic hydroxyl groups is 1. The molecule has 0 saturated heterocycles. The van der Waals surface area contributed by atoms with E-state index in [1.165, 1.54) is 12.1 Å². The minimum absolute atomic E-state index is 0.0273. The average molecular weight is 456 g/mol. The predicted molar refractivity (Wildman–Crippen MR) is 78.2 cm³/mol. The van der Waals surface area contributed by atoms with Gasteiger partial charge in [-0.15, -0.1) is 0 Å².